The van der Waals surface area contributed by atoms with E-state index in [4.69, 9.17) is 4.74 Å². The lowest BCUT2D eigenvalue weighted by molar-refractivity contribution is 0.117. The molecule has 0 heterocycles. The predicted molar refractivity (Wildman–Crippen MR) is 87.1 cm³/mol. The number of aliphatic hydroxyl groups excluding tert-OH is 1. The summed E-state index contributed by atoms with van der Waals surface area (Å²) >= 11 is 0. The van der Waals surface area contributed by atoms with Crippen LogP contribution in [0.5, 0.6) is 5.75 Å². The number of nitrogens with one attached hydrogen (secondary N) is 1. The normalized spacial score (nSPS) is 12.0. The first-order chi connectivity index (χ1) is 10.0. The fraction of sp³-hybridized carbons (Fsp3) is 0.333. The molecule has 0 bridgehead atoms. The van der Waals surface area contributed by atoms with E-state index in [0.717, 1.165) is 17.0 Å². The molecule has 21 heavy (non-hydrogen) atoms. The zero-order valence-electron chi connectivity index (χ0n) is 12.9. The molecule has 112 valence electrons. The smallest absolute Gasteiger partial charge is 0.119 e. The van der Waals surface area contributed by atoms with Gasteiger partial charge in [0.1, 0.15) is 18.5 Å². The first-order valence-electron chi connectivity index (χ1n) is 7.22. The Hall–Kier alpha value is -2.00. The second-order valence-corrected chi connectivity index (χ2v) is 5.54. The molecular weight excluding hydrogens is 262 g/mol. The molecule has 0 saturated carbocycles. The molecule has 3 nitrogen and oxygen atoms in total. The predicted octanol–water partition coefficient (Wildman–Crippen LogP) is 3.46. The lowest BCUT2D eigenvalue weighted by atomic mass is 10.1. The van der Waals surface area contributed by atoms with E-state index in [2.05, 4.69) is 37.4 Å². The molecule has 0 radical (unpaired) electrons. The third-order valence-electron chi connectivity index (χ3n) is 3.20. The van der Waals surface area contributed by atoms with Gasteiger partial charge in [0, 0.05) is 12.2 Å². The highest BCUT2D eigenvalue weighted by Crippen LogP contribution is 2.14. The number of aliphatic hydroxyl groups is 1. The number of hydrogen-bond acceptors (Lipinski definition) is 3. The first kappa shape index (κ1) is 15.4. The fourth-order valence-electron chi connectivity index (χ4n) is 2.27. The maximum absolute atomic E-state index is 9.99. The maximum atomic E-state index is 9.99. The van der Waals surface area contributed by atoms with Crippen LogP contribution in [0.1, 0.15) is 16.7 Å². The van der Waals surface area contributed by atoms with Gasteiger partial charge in [-0.3, -0.25) is 0 Å². The number of rotatable bonds is 6. The van der Waals surface area contributed by atoms with Gasteiger partial charge in [-0.15, -0.1) is 0 Å². The Labute approximate surface area is 126 Å². The monoisotopic (exact) mass is 285 g/mol. The molecule has 3 heteroatoms. The topological polar surface area (TPSA) is 41.5 Å². The van der Waals surface area contributed by atoms with Crippen molar-refractivity contribution >= 4 is 5.69 Å². The third-order valence-corrected chi connectivity index (χ3v) is 3.20. The van der Waals surface area contributed by atoms with Gasteiger partial charge in [-0.2, -0.15) is 0 Å². The second-order valence-electron chi connectivity index (χ2n) is 5.54. The van der Waals surface area contributed by atoms with E-state index < -0.39 is 6.10 Å². The summed E-state index contributed by atoms with van der Waals surface area (Å²) in [6, 6.07) is 14.1. The van der Waals surface area contributed by atoms with Gasteiger partial charge in [0.2, 0.25) is 0 Å². The maximum Gasteiger partial charge on any atom is 0.119 e. The minimum atomic E-state index is -0.550. The van der Waals surface area contributed by atoms with Crippen molar-refractivity contribution in [2.24, 2.45) is 0 Å². The van der Waals surface area contributed by atoms with Crippen molar-refractivity contribution in [1.29, 1.82) is 0 Å². The van der Waals surface area contributed by atoms with Crippen LogP contribution in [0.2, 0.25) is 0 Å². The third kappa shape index (κ3) is 5.12. The zero-order chi connectivity index (χ0) is 15.2. The summed E-state index contributed by atoms with van der Waals surface area (Å²) < 4.78 is 5.59. The lowest BCUT2D eigenvalue weighted by Crippen LogP contribution is -2.26. The van der Waals surface area contributed by atoms with Crippen molar-refractivity contribution < 1.29 is 9.84 Å². The van der Waals surface area contributed by atoms with E-state index in [1.807, 2.05) is 31.2 Å². The second kappa shape index (κ2) is 7.14. The largest absolute Gasteiger partial charge is 0.491 e. The van der Waals surface area contributed by atoms with Crippen molar-refractivity contribution in [2.75, 3.05) is 18.5 Å². The van der Waals surface area contributed by atoms with Gasteiger partial charge in [-0.25, -0.2) is 0 Å². The molecule has 0 spiro atoms. The van der Waals surface area contributed by atoms with Crippen LogP contribution in [0.15, 0.2) is 42.5 Å². The van der Waals surface area contributed by atoms with Crippen LogP contribution in [-0.4, -0.2) is 24.4 Å². The average molecular weight is 285 g/mol. The van der Waals surface area contributed by atoms with Gasteiger partial charge >= 0.3 is 0 Å². The molecule has 1 unspecified atom stereocenters. The minimum absolute atomic E-state index is 0.279. The number of benzene rings is 2. The summed E-state index contributed by atoms with van der Waals surface area (Å²) in [5.41, 5.74) is 4.60. The van der Waals surface area contributed by atoms with Gasteiger partial charge in [-0.05, 0) is 61.7 Å². The molecule has 2 rings (SSSR count). The van der Waals surface area contributed by atoms with Crippen molar-refractivity contribution in [3.8, 4) is 5.75 Å². The Morgan fingerprint density at radius 1 is 1.00 bits per heavy atom. The molecule has 2 aromatic carbocycles. The van der Waals surface area contributed by atoms with Crippen LogP contribution in [0, 0.1) is 20.8 Å². The van der Waals surface area contributed by atoms with Gasteiger partial charge in [0.15, 0.2) is 0 Å². The zero-order valence-corrected chi connectivity index (χ0v) is 12.9. The minimum Gasteiger partial charge on any atom is -0.491 e. The van der Waals surface area contributed by atoms with E-state index in [1.165, 1.54) is 11.1 Å². The van der Waals surface area contributed by atoms with Crippen molar-refractivity contribution in [2.45, 2.75) is 26.9 Å². The summed E-state index contributed by atoms with van der Waals surface area (Å²) in [6.07, 6.45) is -0.550. The van der Waals surface area contributed by atoms with Crippen LogP contribution in [0.25, 0.3) is 0 Å². The quantitative estimate of drug-likeness (QED) is 0.854. The number of ether oxygens (including phenoxy) is 1. The van der Waals surface area contributed by atoms with E-state index in [0.29, 0.717) is 6.54 Å². The Kier molecular flexibility index (Phi) is 5.23. The van der Waals surface area contributed by atoms with E-state index in [-0.39, 0.29) is 6.61 Å². The van der Waals surface area contributed by atoms with Gasteiger partial charge in [0.05, 0.1) is 0 Å². The molecule has 0 amide bonds. The van der Waals surface area contributed by atoms with Crippen LogP contribution >= 0.6 is 0 Å². The average Bonchev–Trinajstić information content (AvgIpc) is 2.42. The molecule has 2 N–H and O–H groups in total. The molecule has 2 aromatic rings. The Bertz CT molecular complexity index is 575. The van der Waals surface area contributed by atoms with Crippen LogP contribution in [-0.2, 0) is 0 Å². The number of aryl methyl sites for hydroxylation is 3. The number of hydrogen-bond donors (Lipinski definition) is 2. The Balaban J connectivity index is 1.80. The highest BCUT2D eigenvalue weighted by atomic mass is 16.5. The summed E-state index contributed by atoms with van der Waals surface area (Å²) in [5, 5.41) is 13.2. The standard InChI is InChI=1S/C18H23NO2/c1-13-5-4-6-18(10-13)21-12-17(20)11-19-16-8-14(2)7-15(3)9-16/h4-10,17,19-20H,11-12H2,1-3H3. The highest BCUT2D eigenvalue weighted by Gasteiger charge is 2.06. The van der Waals surface area contributed by atoms with Crippen molar-refractivity contribution in [3.63, 3.8) is 0 Å². The van der Waals surface area contributed by atoms with Crippen molar-refractivity contribution in [1.82, 2.24) is 0 Å². The molecule has 0 fully saturated rings. The Morgan fingerprint density at radius 3 is 2.38 bits per heavy atom. The fourth-order valence-corrected chi connectivity index (χ4v) is 2.27. The molecule has 0 aliphatic heterocycles. The molecule has 0 aromatic heterocycles. The first-order valence-corrected chi connectivity index (χ1v) is 7.22. The van der Waals surface area contributed by atoms with E-state index in [1.54, 1.807) is 0 Å². The van der Waals surface area contributed by atoms with Gasteiger partial charge in [0.25, 0.3) is 0 Å². The van der Waals surface area contributed by atoms with Gasteiger partial charge in [-0.1, -0.05) is 18.2 Å². The van der Waals surface area contributed by atoms with Crippen LogP contribution in [0.4, 0.5) is 5.69 Å². The molecule has 0 saturated heterocycles. The molecule has 1 atom stereocenters. The highest BCUT2D eigenvalue weighted by molar-refractivity contribution is 5.48. The van der Waals surface area contributed by atoms with Crippen LogP contribution in [0.3, 0.4) is 0 Å². The van der Waals surface area contributed by atoms with E-state index >= 15 is 0 Å². The lowest BCUT2D eigenvalue weighted by Gasteiger charge is -2.15. The van der Waals surface area contributed by atoms with E-state index in [9.17, 15) is 5.11 Å². The van der Waals surface area contributed by atoms with Crippen molar-refractivity contribution in [3.05, 3.63) is 59.2 Å². The molecule has 0 aliphatic carbocycles. The SMILES string of the molecule is Cc1cc(C)cc(NCC(O)COc2cccc(C)c2)c1. The Morgan fingerprint density at radius 2 is 1.71 bits per heavy atom. The molecular formula is C18H23NO2. The summed E-state index contributed by atoms with van der Waals surface area (Å²) in [7, 11) is 0. The van der Waals surface area contributed by atoms with Gasteiger partial charge < -0.3 is 15.2 Å². The molecule has 0 aliphatic rings. The summed E-state index contributed by atoms with van der Waals surface area (Å²) in [4.78, 5) is 0. The number of anilines is 1. The van der Waals surface area contributed by atoms with Crippen LogP contribution < -0.4 is 10.1 Å². The summed E-state index contributed by atoms with van der Waals surface area (Å²) in [5.74, 6) is 0.792. The summed E-state index contributed by atoms with van der Waals surface area (Å²) in [6.45, 7) is 6.89.